The molecule has 2 aromatic heterocycles. The maximum absolute atomic E-state index is 14.5. The number of halogens is 1. The zero-order valence-corrected chi connectivity index (χ0v) is 17.1. The Kier molecular flexibility index (Phi) is 5.71. The lowest BCUT2D eigenvalue weighted by Crippen LogP contribution is -2.08. The lowest BCUT2D eigenvalue weighted by molar-refractivity contribution is 0.197. The number of benzene rings is 1. The molecule has 2 heterocycles. The summed E-state index contributed by atoms with van der Waals surface area (Å²) in [6.45, 7) is 6.12. The highest BCUT2D eigenvalue weighted by Gasteiger charge is 2.19. The summed E-state index contributed by atoms with van der Waals surface area (Å²) in [6.07, 6.45) is 3.61. The van der Waals surface area contributed by atoms with E-state index in [-0.39, 0.29) is 29.4 Å². The van der Waals surface area contributed by atoms with Crippen molar-refractivity contribution in [1.29, 1.82) is 0 Å². The minimum Gasteiger partial charge on any atom is -0.495 e. The molecule has 0 spiro atoms. The molecule has 0 unspecified atom stereocenters. The van der Waals surface area contributed by atoms with Crippen LogP contribution in [-0.4, -0.2) is 39.6 Å². The SMILES string of the molecule is COc1cc2ncc(-c3cc(N)c(OCCO)c(F)c3)n2cc1SC(C)(C)C. The number of nitrogen functional groups attached to an aromatic ring is 1. The molecule has 0 fully saturated rings. The summed E-state index contributed by atoms with van der Waals surface area (Å²) in [7, 11) is 1.63. The molecule has 0 amide bonds. The van der Waals surface area contributed by atoms with E-state index in [4.69, 9.17) is 20.3 Å². The fraction of sp³-hybridized carbons (Fsp3) is 0.350. The Bertz CT molecular complexity index is 975. The second-order valence-corrected chi connectivity index (χ2v) is 9.11. The molecule has 6 nitrogen and oxygen atoms in total. The first-order valence-electron chi connectivity index (χ1n) is 8.80. The molecule has 0 aliphatic heterocycles. The van der Waals surface area contributed by atoms with Crippen LogP contribution in [0.25, 0.3) is 16.9 Å². The first-order valence-corrected chi connectivity index (χ1v) is 9.62. The molecule has 0 atom stereocenters. The number of aliphatic hydroxyl groups is 1. The number of nitrogens with two attached hydrogens (primary N) is 1. The lowest BCUT2D eigenvalue weighted by Gasteiger charge is -2.20. The molecule has 0 saturated heterocycles. The van der Waals surface area contributed by atoms with E-state index in [0.29, 0.717) is 16.9 Å². The summed E-state index contributed by atoms with van der Waals surface area (Å²) in [5.41, 5.74) is 8.10. The van der Waals surface area contributed by atoms with E-state index >= 15 is 0 Å². The number of nitrogens with zero attached hydrogens (tertiary/aromatic N) is 2. The lowest BCUT2D eigenvalue weighted by atomic mass is 10.1. The molecule has 8 heteroatoms. The molecule has 0 bridgehead atoms. The fourth-order valence-corrected chi connectivity index (χ4v) is 3.89. The third-order valence-electron chi connectivity index (χ3n) is 3.92. The minimum atomic E-state index is -0.587. The zero-order valence-electron chi connectivity index (χ0n) is 16.3. The van der Waals surface area contributed by atoms with Crippen LogP contribution in [0.1, 0.15) is 20.8 Å². The Morgan fingerprint density at radius 1 is 1.29 bits per heavy atom. The summed E-state index contributed by atoms with van der Waals surface area (Å²) in [5.74, 6) is 0.0940. The smallest absolute Gasteiger partial charge is 0.177 e. The molecule has 3 aromatic rings. The molecule has 3 N–H and O–H groups in total. The highest BCUT2D eigenvalue weighted by atomic mass is 32.2. The molecule has 150 valence electrons. The zero-order chi connectivity index (χ0) is 20.5. The summed E-state index contributed by atoms with van der Waals surface area (Å²) in [5, 5.41) is 8.87. The maximum Gasteiger partial charge on any atom is 0.177 e. The fourth-order valence-electron chi connectivity index (χ4n) is 2.83. The molecule has 28 heavy (non-hydrogen) atoms. The van der Waals surface area contributed by atoms with E-state index in [1.165, 1.54) is 6.07 Å². The number of fused-ring (bicyclic) bond motifs is 1. The molecule has 1 aromatic carbocycles. The number of rotatable bonds is 6. The van der Waals surface area contributed by atoms with E-state index in [0.717, 1.165) is 10.6 Å². The van der Waals surface area contributed by atoms with Gasteiger partial charge in [-0.1, -0.05) is 20.8 Å². The molecule has 3 rings (SSSR count). The highest BCUT2D eigenvalue weighted by molar-refractivity contribution is 8.00. The van der Waals surface area contributed by atoms with Gasteiger partial charge in [0.15, 0.2) is 11.6 Å². The van der Waals surface area contributed by atoms with Crippen molar-refractivity contribution in [3.05, 3.63) is 36.4 Å². The minimum absolute atomic E-state index is 0.00999. The number of ether oxygens (including phenoxy) is 2. The predicted molar refractivity (Wildman–Crippen MR) is 110 cm³/mol. The second-order valence-electron chi connectivity index (χ2n) is 7.24. The van der Waals surface area contributed by atoms with E-state index in [2.05, 4.69) is 25.8 Å². The Morgan fingerprint density at radius 2 is 2.04 bits per heavy atom. The van der Waals surface area contributed by atoms with Crippen molar-refractivity contribution in [2.24, 2.45) is 0 Å². The first-order chi connectivity index (χ1) is 13.2. The molecule has 0 radical (unpaired) electrons. The van der Waals surface area contributed by atoms with Crippen LogP contribution in [-0.2, 0) is 0 Å². The van der Waals surface area contributed by atoms with Gasteiger partial charge in [-0.05, 0) is 12.1 Å². The van der Waals surface area contributed by atoms with E-state index in [9.17, 15) is 4.39 Å². The van der Waals surface area contributed by atoms with Gasteiger partial charge in [0, 0.05) is 22.6 Å². The van der Waals surface area contributed by atoms with E-state index in [1.54, 1.807) is 31.1 Å². The number of aliphatic hydroxyl groups excluding tert-OH is 1. The topological polar surface area (TPSA) is 82.0 Å². The number of thioether (sulfide) groups is 1. The van der Waals surface area contributed by atoms with Crippen molar-refractivity contribution in [3.8, 4) is 22.8 Å². The van der Waals surface area contributed by atoms with Crippen molar-refractivity contribution in [1.82, 2.24) is 9.38 Å². The van der Waals surface area contributed by atoms with Gasteiger partial charge < -0.3 is 20.3 Å². The predicted octanol–water partition coefficient (Wildman–Crippen LogP) is 3.99. The number of aromatic nitrogens is 2. The van der Waals surface area contributed by atoms with Gasteiger partial charge in [0.1, 0.15) is 18.0 Å². The Labute approximate surface area is 167 Å². The van der Waals surface area contributed by atoms with Crippen LogP contribution in [0.5, 0.6) is 11.5 Å². The number of hydrogen-bond donors (Lipinski definition) is 2. The van der Waals surface area contributed by atoms with Crippen molar-refractivity contribution in [2.45, 2.75) is 30.4 Å². The monoisotopic (exact) mass is 405 g/mol. The van der Waals surface area contributed by atoms with Crippen LogP contribution >= 0.6 is 11.8 Å². The van der Waals surface area contributed by atoms with Gasteiger partial charge in [0.05, 0.1) is 36.2 Å². The molecular weight excluding hydrogens is 381 g/mol. The Morgan fingerprint density at radius 3 is 2.64 bits per heavy atom. The van der Waals surface area contributed by atoms with Gasteiger partial charge in [-0.2, -0.15) is 0 Å². The number of anilines is 1. The van der Waals surface area contributed by atoms with Crippen molar-refractivity contribution < 1.29 is 19.0 Å². The summed E-state index contributed by atoms with van der Waals surface area (Å²) in [6, 6.07) is 4.85. The molecule has 0 aliphatic carbocycles. The van der Waals surface area contributed by atoms with Crippen LogP contribution in [0.4, 0.5) is 10.1 Å². The standard InChI is InChI=1S/C20H24FN3O3S/c1-20(2,3)28-17-11-24-15(10-23-18(24)9-16(17)26-4)12-7-13(21)19(14(22)8-12)27-6-5-25/h7-11,25H,5-6,22H2,1-4H3. The molecule has 0 saturated carbocycles. The largest absolute Gasteiger partial charge is 0.495 e. The molecule has 0 aliphatic rings. The van der Waals surface area contributed by atoms with E-state index < -0.39 is 5.82 Å². The van der Waals surface area contributed by atoms with Gasteiger partial charge in [-0.25, -0.2) is 9.37 Å². The van der Waals surface area contributed by atoms with E-state index in [1.807, 2.05) is 16.7 Å². The van der Waals surface area contributed by atoms with Crippen LogP contribution < -0.4 is 15.2 Å². The van der Waals surface area contributed by atoms with Gasteiger partial charge in [0.2, 0.25) is 0 Å². The number of pyridine rings is 1. The number of hydrogen-bond acceptors (Lipinski definition) is 6. The Hall–Kier alpha value is -2.45. The summed E-state index contributed by atoms with van der Waals surface area (Å²) >= 11 is 1.68. The van der Waals surface area contributed by atoms with Gasteiger partial charge >= 0.3 is 0 Å². The van der Waals surface area contributed by atoms with Crippen LogP contribution in [0.15, 0.2) is 35.5 Å². The van der Waals surface area contributed by atoms with Crippen molar-refractivity contribution in [3.63, 3.8) is 0 Å². The van der Waals surface area contributed by atoms with Crippen molar-refractivity contribution in [2.75, 3.05) is 26.1 Å². The number of methoxy groups -OCH3 is 1. The van der Waals surface area contributed by atoms with Crippen LogP contribution in [0.2, 0.25) is 0 Å². The van der Waals surface area contributed by atoms with Crippen LogP contribution in [0.3, 0.4) is 0 Å². The van der Waals surface area contributed by atoms with Gasteiger partial charge in [-0.3, -0.25) is 4.40 Å². The average molecular weight is 405 g/mol. The maximum atomic E-state index is 14.5. The Balaban J connectivity index is 2.10. The van der Waals surface area contributed by atoms with Gasteiger partial charge in [-0.15, -0.1) is 11.8 Å². The second kappa shape index (κ2) is 7.89. The van der Waals surface area contributed by atoms with Crippen molar-refractivity contribution >= 4 is 23.1 Å². The summed E-state index contributed by atoms with van der Waals surface area (Å²) in [4.78, 5) is 5.38. The quantitative estimate of drug-likeness (QED) is 0.477. The third-order valence-corrected chi connectivity index (χ3v) is 5.06. The summed E-state index contributed by atoms with van der Waals surface area (Å²) < 4.78 is 27.1. The number of imidazole rings is 1. The van der Waals surface area contributed by atoms with Gasteiger partial charge in [0.25, 0.3) is 0 Å². The first kappa shape index (κ1) is 20.3. The third kappa shape index (κ3) is 4.18. The van der Waals surface area contributed by atoms with Crippen LogP contribution in [0, 0.1) is 5.82 Å². The molecular formula is C20H24FN3O3S. The normalized spacial score (nSPS) is 11.8. The highest BCUT2D eigenvalue weighted by Crippen LogP contribution is 2.39. The average Bonchev–Trinajstić information content (AvgIpc) is 3.01.